The van der Waals surface area contributed by atoms with Crippen LogP contribution in [0, 0.1) is 5.82 Å². The second kappa shape index (κ2) is 7.08. The van der Waals surface area contributed by atoms with E-state index in [1.54, 1.807) is 30.3 Å². The molecule has 2 aromatic rings. The maximum absolute atomic E-state index is 13.3. The molecule has 0 saturated heterocycles. The Bertz CT molecular complexity index is 649. The van der Waals surface area contributed by atoms with Gasteiger partial charge in [-0.2, -0.15) is 0 Å². The molecule has 0 radical (unpaired) electrons. The molecule has 0 amide bonds. The van der Waals surface area contributed by atoms with Gasteiger partial charge in [0, 0.05) is 10.2 Å². The molecule has 0 fully saturated rings. The molecule has 0 aliphatic rings. The fraction of sp³-hybridized carbons (Fsp3) is 0.133. The van der Waals surface area contributed by atoms with Gasteiger partial charge in [-0.15, -0.1) is 0 Å². The van der Waals surface area contributed by atoms with Crippen molar-refractivity contribution in [2.24, 2.45) is 0 Å². The summed E-state index contributed by atoms with van der Waals surface area (Å²) in [6, 6.07) is 10.9. The van der Waals surface area contributed by atoms with Crippen molar-refractivity contribution in [1.29, 1.82) is 0 Å². The molecule has 0 aromatic heterocycles. The van der Waals surface area contributed by atoms with Gasteiger partial charge in [0.15, 0.2) is 11.6 Å². The van der Waals surface area contributed by atoms with Crippen LogP contribution in [-0.2, 0) is 4.74 Å². The van der Waals surface area contributed by atoms with Crippen molar-refractivity contribution in [2.75, 3.05) is 18.9 Å². The smallest absolute Gasteiger partial charge is 0.340 e. The Morgan fingerprint density at radius 3 is 2.71 bits per heavy atom. The molecule has 0 aliphatic carbocycles. The second-order valence-electron chi connectivity index (χ2n) is 4.15. The van der Waals surface area contributed by atoms with E-state index in [9.17, 15) is 9.18 Å². The topological polar surface area (TPSA) is 61.6 Å². The molecule has 0 aliphatic heterocycles. The number of ether oxygens (including phenoxy) is 2. The molecule has 0 saturated carbocycles. The molecule has 0 unspecified atom stereocenters. The lowest BCUT2D eigenvalue weighted by Gasteiger charge is -2.09. The van der Waals surface area contributed by atoms with E-state index in [4.69, 9.17) is 15.2 Å². The summed E-state index contributed by atoms with van der Waals surface area (Å²) in [7, 11) is 0. The van der Waals surface area contributed by atoms with Crippen LogP contribution in [0.25, 0.3) is 0 Å². The summed E-state index contributed by atoms with van der Waals surface area (Å²) in [5.74, 6) is -0.887. The lowest BCUT2D eigenvalue weighted by molar-refractivity contribution is 0.0449. The first-order valence-electron chi connectivity index (χ1n) is 6.17. The van der Waals surface area contributed by atoms with E-state index in [1.165, 1.54) is 12.1 Å². The summed E-state index contributed by atoms with van der Waals surface area (Å²) >= 11 is 3.26. The van der Waals surface area contributed by atoms with E-state index < -0.39 is 11.8 Å². The third kappa shape index (κ3) is 4.19. The first-order valence-corrected chi connectivity index (χ1v) is 6.96. The third-order valence-electron chi connectivity index (χ3n) is 2.65. The fourth-order valence-corrected chi connectivity index (χ4v) is 1.99. The number of benzene rings is 2. The maximum Gasteiger partial charge on any atom is 0.340 e. The molecule has 0 spiro atoms. The van der Waals surface area contributed by atoms with Gasteiger partial charge in [0.1, 0.15) is 13.2 Å². The quantitative estimate of drug-likeness (QED) is 0.508. The van der Waals surface area contributed by atoms with E-state index in [2.05, 4.69) is 15.9 Å². The number of rotatable bonds is 5. The van der Waals surface area contributed by atoms with Crippen LogP contribution in [0.5, 0.6) is 5.75 Å². The average Bonchev–Trinajstić information content (AvgIpc) is 2.47. The molecule has 110 valence electrons. The largest absolute Gasteiger partial charge is 0.487 e. The molecular formula is C15H13BrFNO3. The van der Waals surface area contributed by atoms with Gasteiger partial charge in [0.25, 0.3) is 0 Å². The summed E-state index contributed by atoms with van der Waals surface area (Å²) < 4.78 is 24.2. The number of halogens is 2. The predicted octanol–water partition coefficient (Wildman–Crippen LogP) is 3.41. The van der Waals surface area contributed by atoms with Crippen molar-refractivity contribution < 1.29 is 18.7 Å². The number of nitrogens with two attached hydrogens (primary N) is 1. The van der Waals surface area contributed by atoms with Crippen molar-refractivity contribution in [2.45, 2.75) is 0 Å². The number of esters is 1. The SMILES string of the molecule is Nc1ccc(Br)cc1C(=O)OCCOc1ccccc1F. The van der Waals surface area contributed by atoms with Gasteiger partial charge in [0.2, 0.25) is 0 Å². The maximum atomic E-state index is 13.3. The lowest BCUT2D eigenvalue weighted by Crippen LogP contribution is -2.14. The number of carbonyl (C=O) groups excluding carboxylic acids is 1. The van der Waals surface area contributed by atoms with Gasteiger partial charge in [-0.25, -0.2) is 9.18 Å². The van der Waals surface area contributed by atoms with Crippen LogP contribution in [0.2, 0.25) is 0 Å². The number of hydrogen-bond acceptors (Lipinski definition) is 4. The zero-order valence-corrected chi connectivity index (χ0v) is 12.6. The number of nitrogen functional groups attached to an aromatic ring is 1. The predicted molar refractivity (Wildman–Crippen MR) is 80.7 cm³/mol. The Kier molecular flexibility index (Phi) is 5.16. The minimum Gasteiger partial charge on any atom is -0.487 e. The highest BCUT2D eigenvalue weighted by Gasteiger charge is 2.11. The summed E-state index contributed by atoms with van der Waals surface area (Å²) in [6.45, 7) is 0.0553. The summed E-state index contributed by atoms with van der Waals surface area (Å²) in [5, 5.41) is 0. The van der Waals surface area contributed by atoms with Crippen LogP contribution in [0.1, 0.15) is 10.4 Å². The highest BCUT2D eigenvalue weighted by atomic mass is 79.9. The van der Waals surface area contributed by atoms with Gasteiger partial charge in [-0.3, -0.25) is 0 Å². The van der Waals surface area contributed by atoms with E-state index in [-0.39, 0.29) is 24.5 Å². The van der Waals surface area contributed by atoms with E-state index in [1.807, 2.05) is 0 Å². The summed E-state index contributed by atoms with van der Waals surface area (Å²) in [4.78, 5) is 11.8. The van der Waals surface area contributed by atoms with Crippen LogP contribution in [0.15, 0.2) is 46.9 Å². The minimum absolute atomic E-state index is 0.000872. The molecule has 0 heterocycles. The Morgan fingerprint density at radius 2 is 1.95 bits per heavy atom. The van der Waals surface area contributed by atoms with Crippen molar-refractivity contribution in [3.8, 4) is 5.75 Å². The van der Waals surface area contributed by atoms with Crippen LogP contribution < -0.4 is 10.5 Å². The fourth-order valence-electron chi connectivity index (χ4n) is 1.63. The Balaban J connectivity index is 1.85. The molecule has 21 heavy (non-hydrogen) atoms. The highest BCUT2D eigenvalue weighted by molar-refractivity contribution is 9.10. The molecule has 2 aromatic carbocycles. The van der Waals surface area contributed by atoms with E-state index >= 15 is 0 Å². The van der Waals surface area contributed by atoms with Crippen LogP contribution in [-0.4, -0.2) is 19.2 Å². The summed E-state index contributed by atoms with van der Waals surface area (Å²) in [5.41, 5.74) is 6.31. The van der Waals surface area contributed by atoms with Crippen LogP contribution in [0.3, 0.4) is 0 Å². The molecular weight excluding hydrogens is 341 g/mol. The molecule has 2 N–H and O–H groups in total. The van der Waals surface area contributed by atoms with E-state index in [0.29, 0.717) is 5.69 Å². The standard InChI is InChI=1S/C15H13BrFNO3/c16-10-5-6-13(18)11(9-10)15(19)21-8-7-20-14-4-2-1-3-12(14)17/h1-6,9H,7-8,18H2. The molecule has 0 bridgehead atoms. The lowest BCUT2D eigenvalue weighted by atomic mass is 10.2. The number of hydrogen-bond donors (Lipinski definition) is 1. The molecule has 4 nitrogen and oxygen atoms in total. The van der Waals surface area contributed by atoms with Gasteiger partial charge in [0.05, 0.1) is 5.56 Å². The average molecular weight is 354 g/mol. The normalized spacial score (nSPS) is 10.2. The van der Waals surface area contributed by atoms with Crippen molar-refractivity contribution >= 4 is 27.6 Å². The Morgan fingerprint density at radius 1 is 1.19 bits per heavy atom. The zero-order chi connectivity index (χ0) is 15.2. The minimum atomic E-state index is -0.550. The first-order chi connectivity index (χ1) is 10.1. The number of para-hydroxylation sites is 1. The van der Waals surface area contributed by atoms with Crippen molar-refractivity contribution in [1.82, 2.24) is 0 Å². The van der Waals surface area contributed by atoms with Gasteiger partial charge < -0.3 is 15.2 Å². The van der Waals surface area contributed by atoms with Gasteiger partial charge in [-0.1, -0.05) is 28.1 Å². The monoisotopic (exact) mass is 353 g/mol. The van der Waals surface area contributed by atoms with Crippen LogP contribution in [0.4, 0.5) is 10.1 Å². The van der Waals surface area contributed by atoms with Crippen LogP contribution >= 0.6 is 15.9 Å². The highest BCUT2D eigenvalue weighted by Crippen LogP contribution is 2.19. The Labute approximate surface area is 129 Å². The molecule has 2 rings (SSSR count). The van der Waals surface area contributed by atoms with Crippen molar-refractivity contribution in [3.63, 3.8) is 0 Å². The zero-order valence-electron chi connectivity index (χ0n) is 11.0. The van der Waals surface area contributed by atoms with Gasteiger partial charge >= 0.3 is 5.97 Å². The third-order valence-corrected chi connectivity index (χ3v) is 3.14. The second-order valence-corrected chi connectivity index (χ2v) is 5.06. The number of carbonyl (C=O) groups is 1. The van der Waals surface area contributed by atoms with Crippen molar-refractivity contribution in [3.05, 3.63) is 58.3 Å². The molecule has 6 heteroatoms. The van der Waals surface area contributed by atoms with E-state index in [0.717, 1.165) is 4.47 Å². The molecule has 0 atom stereocenters. The summed E-state index contributed by atoms with van der Waals surface area (Å²) in [6.07, 6.45) is 0. The van der Waals surface area contributed by atoms with Gasteiger partial charge in [-0.05, 0) is 30.3 Å². The number of anilines is 1. The first kappa shape index (κ1) is 15.3. The Hall–Kier alpha value is -2.08.